The largest absolute Gasteiger partial charge is 0.493 e. The van der Waals surface area contributed by atoms with Crippen molar-refractivity contribution < 1.29 is 57.8 Å². The maximum atomic E-state index is 12.1. The second-order valence-electron chi connectivity index (χ2n) is 11.6. The highest BCUT2D eigenvalue weighted by Crippen LogP contribution is 2.49. The molecule has 2 aromatic rings. The van der Waals surface area contributed by atoms with Gasteiger partial charge in [0.05, 0.1) is 63.0 Å². The maximum absolute atomic E-state index is 12.1. The summed E-state index contributed by atoms with van der Waals surface area (Å²) in [5.74, 6) is -2.77. The smallest absolute Gasteiger partial charge is 0.335 e. The SMILES string of the molecule is C=CC(=O)OCCCCOc1ccc(C(=O)O)c(C)c1[C@H]1CO[C@H]2[C@@H]1OC[C@H]2c1c(OCCCCOC(=O)C=C)ccc(C(=O)O)c1C. The highest BCUT2D eigenvalue weighted by molar-refractivity contribution is 5.91. The molecule has 12 nitrogen and oxygen atoms in total. The van der Waals surface area contributed by atoms with Gasteiger partial charge in [-0.2, -0.15) is 0 Å². The number of fused-ring (bicyclic) bond motifs is 1. The number of ether oxygens (including phenoxy) is 6. The molecule has 2 fully saturated rings. The fourth-order valence-corrected chi connectivity index (χ4v) is 6.27. The third-order valence-electron chi connectivity index (χ3n) is 8.62. The van der Waals surface area contributed by atoms with Crippen LogP contribution in [0.25, 0.3) is 0 Å². The molecule has 0 spiro atoms. The highest BCUT2D eigenvalue weighted by atomic mass is 16.6. The molecule has 2 saturated heterocycles. The Balaban J connectivity index is 1.53. The molecule has 2 N–H and O–H groups in total. The van der Waals surface area contributed by atoms with E-state index in [1.165, 1.54) is 12.1 Å². The number of hydrogen-bond acceptors (Lipinski definition) is 10. The van der Waals surface area contributed by atoms with Crippen LogP contribution >= 0.6 is 0 Å². The lowest BCUT2D eigenvalue weighted by molar-refractivity contribution is -0.138. The Kier molecular flexibility index (Phi) is 12.8. The van der Waals surface area contributed by atoms with Gasteiger partial charge < -0.3 is 38.6 Å². The van der Waals surface area contributed by atoms with Crippen molar-refractivity contribution in [3.05, 3.63) is 83.0 Å². The van der Waals surface area contributed by atoms with Gasteiger partial charge in [-0.25, -0.2) is 19.2 Å². The first kappa shape index (κ1) is 36.2. The molecule has 2 heterocycles. The first-order chi connectivity index (χ1) is 23.1. The van der Waals surface area contributed by atoms with E-state index >= 15 is 0 Å². The molecule has 0 aliphatic carbocycles. The minimum absolute atomic E-state index is 0.145. The van der Waals surface area contributed by atoms with Gasteiger partial charge in [-0.05, 0) is 74.9 Å². The topological polar surface area (TPSA) is 164 Å². The van der Waals surface area contributed by atoms with Crippen LogP contribution in [0.4, 0.5) is 0 Å². The van der Waals surface area contributed by atoms with Crippen LogP contribution in [0.1, 0.15) is 80.5 Å². The van der Waals surface area contributed by atoms with Crippen LogP contribution in [0, 0.1) is 13.8 Å². The molecular weight excluding hydrogens is 624 g/mol. The van der Waals surface area contributed by atoms with Crippen molar-refractivity contribution in [1.29, 1.82) is 0 Å². The molecule has 12 heteroatoms. The summed E-state index contributed by atoms with van der Waals surface area (Å²) in [5.41, 5.74) is 2.76. The number of rotatable bonds is 18. The van der Waals surface area contributed by atoms with Gasteiger partial charge in [0.15, 0.2) is 0 Å². The Morgan fingerprint density at radius 2 is 1.06 bits per heavy atom. The molecule has 4 rings (SSSR count). The second-order valence-corrected chi connectivity index (χ2v) is 11.6. The summed E-state index contributed by atoms with van der Waals surface area (Å²) in [5, 5.41) is 19.8. The molecule has 0 amide bonds. The number of carboxylic acid groups (broad SMARTS) is 2. The van der Waals surface area contributed by atoms with Gasteiger partial charge in [0.25, 0.3) is 0 Å². The quantitative estimate of drug-likeness (QED) is 0.122. The van der Waals surface area contributed by atoms with Crippen LogP contribution in [0.3, 0.4) is 0 Å². The number of carbonyl (C=O) groups is 4. The molecule has 258 valence electrons. The second kappa shape index (κ2) is 16.9. The van der Waals surface area contributed by atoms with Crippen molar-refractivity contribution in [2.45, 2.75) is 63.6 Å². The van der Waals surface area contributed by atoms with E-state index in [2.05, 4.69) is 13.2 Å². The first-order valence-corrected chi connectivity index (χ1v) is 15.9. The zero-order valence-corrected chi connectivity index (χ0v) is 27.2. The molecule has 0 radical (unpaired) electrons. The fraction of sp³-hybridized carbons (Fsp3) is 0.444. The molecule has 2 aliphatic heterocycles. The van der Waals surface area contributed by atoms with Crippen molar-refractivity contribution in [3.8, 4) is 11.5 Å². The zero-order valence-electron chi connectivity index (χ0n) is 27.2. The Hall–Kier alpha value is -4.68. The molecule has 2 aliphatic rings. The number of esters is 2. The van der Waals surface area contributed by atoms with Gasteiger partial charge in [0.2, 0.25) is 0 Å². The number of benzene rings is 2. The van der Waals surface area contributed by atoms with E-state index in [0.29, 0.717) is 72.6 Å². The molecule has 2 aromatic carbocycles. The zero-order chi connectivity index (χ0) is 34.8. The summed E-state index contributed by atoms with van der Waals surface area (Å²) >= 11 is 0. The summed E-state index contributed by atoms with van der Waals surface area (Å²) in [6, 6.07) is 6.33. The molecule has 4 atom stereocenters. The summed E-state index contributed by atoms with van der Waals surface area (Å²) in [4.78, 5) is 46.7. The van der Waals surface area contributed by atoms with Crippen molar-refractivity contribution in [1.82, 2.24) is 0 Å². The standard InChI is InChI=1S/C36H42O12/c1-5-29(37)45-17-9-7-15-43-27-13-11-23(35(39)40)21(3)31(27)25-19-47-34-26(20-48-33(25)34)32-22(4)24(36(41)42)12-14-28(32)44-16-8-10-18-46-30(38)6-2/h5-6,11-14,25-26,33-34H,1-2,7-10,15-20H2,3-4H3,(H,39,40)(H,41,42)/t25-,26+,33-,34-/m1/s1. The monoisotopic (exact) mass is 666 g/mol. The van der Waals surface area contributed by atoms with Crippen molar-refractivity contribution in [3.63, 3.8) is 0 Å². The van der Waals surface area contributed by atoms with Gasteiger partial charge in [-0.15, -0.1) is 0 Å². The lowest BCUT2D eigenvalue weighted by atomic mass is 9.83. The summed E-state index contributed by atoms with van der Waals surface area (Å²) < 4.78 is 35.1. The lowest BCUT2D eigenvalue weighted by Crippen LogP contribution is -2.26. The molecule has 0 bridgehead atoms. The minimum atomic E-state index is -1.06. The Labute approximate surface area is 279 Å². The van der Waals surface area contributed by atoms with E-state index in [1.807, 2.05) is 0 Å². The van der Waals surface area contributed by atoms with Gasteiger partial charge in [0, 0.05) is 35.1 Å². The van der Waals surface area contributed by atoms with Crippen LogP contribution < -0.4 is 9.47 Å². The van der Waals surface area contributed by atoms with Crippen molar-refractivity contribution in [2.24, 2.45) is 0 Å². The molecule has 0 aromatic heterocycles. The molecule has 48 heavy (non-hydrogen) atoms. The average molecular weight is 667 g/mol. The van der Waals surface area contributed by atoms with E-state index in [9.17, 15) is 29.4 Å². The van der Waals surface area contributed by atoms with E-state index in [0.717, 1.165) is 12.2 Å². The number of carbonyl (C=O) groups excluding carboxylic acids is 2. The first-order valence-electron chi connectivity index (χ1n) is 15.9. The normalized spacial score (nSPS) is 19.6. The molecule has 0 unspecified atom stereocenters. The number of unbranched alkanes of at least 4 members (excludes halogenated alkanes) is 2. The number of hydrogen-bond donors (Lipinski definition) is 2. The van der Waals surface area contributed by atoms with E-state index in [-0.39, 0.29) is 49.4 Å². The van der Waals surface area contributed by atoms with Crippen LogP contribution in [0.2, 0.25) is 0 Å². The number of aromatic carboxylic acids is 2. The summed E-state index contributed by atoms with van der Waals surface area (Å²) in [6.07, 6.45) is 3.63. The predicted molar refractivity (Wildman–Crippen MR) is 173 cm³/mol. The van der Waals surface area contributed by atoms with Crippen LogP contribution in [0.5, 0.6) is 11.5 Å². The summed E-state index contributed by atoms with van der Waals surface area (Å²) in [7, 11) is 0. The van der Waals surface area contributed by atoms with E-state index in [1.54, 1.807) is 26.0 Å². The minimum Gasteiger partial charge on any atom is -0.493 e. The van der Waals surface area contributed by atoms with Gasteiger partial charge in [-0.3, -0.25) is 0 Å². The lowest BCUT2D eigenvalue weighted by Gasteiger charge is -2.24. The highest BCUT2D eigenvalue weighted by Gasteiger charge is 2.51. The third-order valence-corrected chi connectivity index (χ3v) is 8.62. The van der Waals surface area contributed by atoms with Crippen LogP contribution in [-0.2, 0) is 28.5 Å². The van der Waals surface area contributed by atoms with Crippen LogP contribution in [0.15, 0.2) is 49.6 Å². The molecule has 0 saturated carbocycles. The Bertz CT molecular complexity index is 1420. The molecular formula is C36H42O12. The van der Waals surface area contributed by atoms with Gasteiger partial charge >= 0.3 is 23.9 Å². The fourth-order valence-electron chi connectivity index (χ4n) is 6.27. The predicted octanol–water partition coefficient (Wildman–Crippen LogP) is 5.14. The Morgan fingerprint density at radius 1 is 0.688 bits per heavy atom. The summed E-state index contributed by atoms with van der Waals surface area (Å²) in [6.45, 7) is 11.8. The van der Waals surface area contributed by atoms with Gasteiger partial charge in [0.1, 0.15) is 11.5 Å². The number of carboxylic acids is 2. The Morgan fingerprint density at radius 3 is 1.42 bits per heavy atom. The third kappa shape index (κ3) is 8.42. The van der Waals surface area contributed by atoms with Crippen molar-refractivity contribution in [2.75, 3.05) is 39.6 Å². The van der Waals surface area contributed by atoms with E-state index in [4.69, 9.17) is 28.4 Å². The van der Waals surface area contributed by atoms with E-state index < -0.39 is 36.1 Å². The van der Waals surface area contributed by atoms with Crippen molar-refractivity contribution >= 4 is 23.9 Å². The van der Waals surface area contributed by atoms with Gasteiger partial charge in [-0.1, -0.05) is 13.2 Å². The van der Waals surface area contributed by atoms with Crippen LogP contribution in [-0.4, -0.2) is 85.9 Å². The maximum Gasteiger partial charge on any atom is 0.335 e. The average Bonchev–Trinajstić information content (AvgIpc) is 3.66.